The minimum absolute atomic E-state index is 0. The zero-order valence-corrected chi connectivity index (χ0v) is 18.2. The van der Waals surface area contributed by atoms with Gasteiger partial charge in [0.1, 0.15) is 0 Å². The van der Waals surface area contributed by atoms with Crippen LogP contribution in [0.2, 0.25) is 0 Å². The van der Waals surface area contributed by atoms with E-state index in [-0.39, 0.29) is 81.2 Å². The van der Waals surface area contributed by atoms with Gasteiger partial charge in [0.2, 0.25) is 5.60 Å². The molecule has 0 aliphatic heterocycles. The van der Waals surface area contributed by atoms with Crippen LogP contribution in [-0.2, 0) is 33.5 Å². The van der Waals surface area contributed by atoms with Gasteiger partial charge in [0.15, 0.2) is 5.60 Å². The summed E-state index contributed by atoms with van der Waals surface area (Å²) in [7, 11) is 0. The third kappa shape index (κ3) is 10.4. The van der Waals surface area contributed by atoms with Gasteiger partial charge < -0.3 is 41.1 Å². The van der Waals surface area contributed by atoms with E-state index in [1.54, 1.807) is 0 Å². The summed E-state index contributed by atoms with van der Waals surface area (Å²) in [5, 5.41) is 53.5. The van der Waals surface area contributed by atoms with E-state index < -0.39 is 72.7 Å². The number of hydrogen-bond donors (Lipinski definition) is 6. The standard InChI is InChI=1S/C12H14O13.2Ca.4H/c13-5(14)1-11(24,9(20)21)4-8(19)25-12(10(22)23,2-6(15)16)3-7(17)18;;;;;;/h24H,1-4H2,(H,13,14)(H,15,16)(H,17,18)(H,20,21)(H,22,23);;;;;;/q;2*+2;4*-1. The van der Waals surface area contributed by atoms with Gasteiger partial charge in [-0.3, -0.25) is 19.2 Å². The smallest absolute Gasteiger partial charge is 1.00 e. The Morgan fingerprint density at radius 2 is 1.04 bits per heavy atom. The first-order valence-corrected chi connectivity index (χ1v) is 6.30. The molecule has 0 aromatic heterocycles. The van der Waals surface area contributed by atoms with Crippen molar-refractivity contribution in [2.24, 2.45) is 0 Å². The number of carbonyl (C=O) groups is 6. The summed E-state index contributed by atoms with van der Waals surface area (Å²) in [4.78, 5) is 66.0. The first-order valence-electron chi connectivity index (χ1n) is 6.30. The predicted octanol–water partition coefficient (Wildman–Crippen LogP) is -2.33. The van der Waals surface area contributed by atoms with Gasteiger partial charge in [-0.05, 0) is 0 Å². The Balaban J connectivity index is -0.000000192. The molecule has 0 aliphatic rings. The molecule has 15 heteroatoms. The predicted molar refractivity (Wildman–Crippen MR) is 86.4 cm³/mol. The van der Waals surface area contributed by atoms with Crippen molar-refractivity contribution >= 4 is 111 Å². The van der Waals surface area contributed by atoms with Crippen LogP contribution in [0.25, 0.3) is 0 Å². The van der Waals surface area contributed by atoms with Crippen LogP contribution in [0.5, 0.6) is 0 Å². The Labute approximate surface area is 216 Å². The van der Waals surface area contributed by atoms with Crippen molar-refractivity contribution in [2.45, 2.75) is 36.9 Å². The van der Waals surface area contributed by atoms with E-state index in [0.717, 1.165) is 0 Å². The molecule has 0 heterocycles. The molecule has 148 valence electrons. The molecule has 0 radical (unpaired) electrons. The van der Waals surface area contributed by atoms with Crippen molar-refractivity contribution in [2.75, 3.05) is 0 Å². The quantitative estimate of drug-likeness (QED) is 0.143. The minimum atomic E-state index is -3.17. The number of carboxylic acids is 5. The molecule has 13 nitrogen and oxygen atoms in total. The maximum absolute atomic E-state index is 11.7. The zero-order valence-electron chi connectivity index (χ0n) is 17.8. The van der Waals surface area contributed by atoms with Crippen LogP contribution < -0.4 is 0 Å². The number of aliphatic carboxylic acids is 5. The number of ether oxygens (including phenoxy) is 1. The molecule has 0 aliphatic carbocycles. The monoisotopic (exact) mass is 450 g/mol. The van der Waals surface area contributed by atoms with Crippen LogP contribution in [0.4, 0.5) is 0 Å². The van der Waals surface area contributed by atoms with E-state index in [1.165, 1.54) is 0 Å². The number of carbonyl (C=O) groups excluding carboxylic acids is 1. The summed E-state index contributed by atoms with van der Waals surface area (Å²) in [6.07, 6.45) is -5.94. The summed E-state index contributed by atoms with van der Waals surface area (Å²) in [5.74, 6) is -11.6. The molecule has 0 aromatic carbocycles. The van der Waals surface area contributed by atoms with Gasteiger partial charge in [0.05, 0.1) is 25.7 Å². The number of aliphatic hydroxyl groups is 1. The van der Waals surface area contributed by atoms with Gasteiger partial charge >= 0.3 is 111 Å². The SMILES string of the molecule is O=C(O)CC(O)(CC(=O)OC(CC(=O)O)(CC(=O)O)C(=O)O)C(=O)O.[Ca+2].[Ca+2].[H-].[H-].[H-].[H-]. The first-order chi connectivity index (χ1) is 11.2. The first kappa shape index (κ1) is 31.0. The van der Waals surface area contributed by atoms with Crippen LogP contribution in [0.1, 0.15) is 31.4 Å². The fraction of sp³-hybridized carbons (Fsp3) is 0.500. The van der Waals surface area contributed by atoms with Gasteiger partial charge in [-0.25, -0.2) is 9.59 Å². The van der Waals surface area contributed by atoms with Crippen LogP contribution in [0.15, 0.2) is 0 Å². The van der Waals surface area contributed by atoms with Gasteiger partial charge in [-0.15, -0.1) is 0 Å². The average molecular weight is 450 g/mol. The molecule has 1 atom stereocenters. The summed E-state index contributed by atoms with van der Waals surface area (Å²) >= 11 is 0. The van der Waals surface area contributed by atoms with Gasteiger partial charge in [0, 0.05) is 0 Å². The normalized spacial score (nSPS) is 12.3. The van der Waals surface area contributed by atoms with Crippen LogP contribution in [0.3, 0.4) is 0 Å². The van der Waals surface area contributed by atoms with Crippen molar-refractivity contribution < 1.29 is 69.8 Å². The minimum Gasteiger partial charge on any atom is -1.00 e. The number of hydrogen-bond acceptors (Lipinski definition) is 8. The van der Waals surface area contributed by atoms with E-state index in [2.05, 4.69) is 4.74 Å². The Kier molecular flexibility index (Phi) is 14.6. The molecule has 0 bridgehead atoms. The number of rotatable bonds is 11. The van der Waals surface area contributed by atoms with E-state index >= 15 is 0 Å². The van der Waals surface area contributed by atoms with Crippen LogP contribution in [0, 0.1) is 0 Å². The Morgan fingerprint density at radius 1 is 0.667 bits per heavy atom. The molecular formula is C12H18Ca2O13. The zero-order chi connectivity index (χ0) is 20.0. The molecule has 0 aromatic rings. The van der Waals surface area contributed by atoms with Crippen LogP contribution >= 0.6 is 0 Å². The van der Waals surface area contributed by atoms with E-state index in [1.807, 2.05) is 0 Å². The largest absolute Gasteiger partial charge is 2.00 e. The maximum Gasteiger partial charge on any atom is 2.00 e. The third-order valence-electron chi connectivity index (χ3n) is 2.85. The van der Waals surface area contributed by atoms with Crippen molar-refractivity contribution in [1.82, 2.24) is 0 Å². The molecule has 0 fully saturated rings. The third-order valence-corrected chi connectivity index (χ3v) is 2.85. The molecular weight excluding hydrogens is 432 g/mol. The summed E-state index contributed by atoms with van der Waals surface area (Å²) in [5.41, 5.74) is -6.24. The summed E-state index contributed by atoms with van der Waals surface area (Å²) < 4.78 is 4.33. The molecule has 0 rings (SSSR count). The van der Waals surface area contributed by atoms with Gasteiger partial charge in [0.25, 0.3) is 0 Å². The second-order valence-corrected chi connectivity index (χ2v) is 5.00. The van der Waals surface area contributed by atoms with Crippen molar-refractivity contribution in [1.29, 1.82) is 0 Å². The molecule has 0 amide bonds. The topological polar surface area (TPSA) is 233 Å². The number of carboxylic acid groups (broad SMARTS) is 5. The molecule has 0 spiro atoms. The summed E-state index contributed by atoms with van der Waals surface area (Å²) in [6.45, 7) is 0. The van der Waals surface area contributed by atoms with Crippen LogP contribution in [-0.4, -0.2) is 153 Å². The van der Waals surface area contributed by atoms with Crippen molar-refractivity contribution in [3.63, 3.8) is 0 Å². The summed E-state index contributed by atoms with van der Waals surface area (Å²) in [6, 6.07) is 0. The fourth-order valence-corrected chi connectivity index (χ4v) is 1.77. The average Bonchev–Trinajstić information content (AvgIpc) is 2.34. The molecule has 1 unspecified atom stereocenters. The molecule has 27 heavy (non-hydrogen) atoms. The van der Waals surface area contributed by atoms with Gasteiger partial charge in [-0.2, -0.15) is 0 Å². The van der Waals surface area contributed by atoms with Crippen molar-refractivity contribution in [3.05, 3.63) is 0 Å². The Morgan fingerprint density at radius 3 is 1.30 bits per heavy atom. The Hall–Kier alpha value is -0.701. The second kappa shape index (κ2) is 12.7. The maximum atomic E-state index is 11.7. The molecule has 0 saturated carbocycles. The molecule has 0 saturated heterocycles. The molecule has 6 N–H and O–H groups in total. The van der Waals surface area contributed by atoms with Crippen molar-refractivity contribution in [3.8, 4) is 0 Å². The Bertz CT molecular complexity index is 618. The second-order valence-electron chi connectivity index (χ2n) is 5.00. The van der Waals surface area contributed by atoms with E-state index in [0.29, 0.717) is 0 Å². The van der Waals surface area contributed by atoms with E-state index in [4.69, 9.17) is 25.5 Å². The number of esters is 1. The van der Waals surface area contributed by atoms with Gasteiger partial charge in [-0.1, -0.05) is 0 Å². The van der Waals surface area contributed by atoms with E-state index in [9.17, 15) is 33.9 Å². The fourth-order valence-electron chi connectivity index (χ4n) is 1.77.